The number of amides is 1. The second-order valence-corrected chi connectivity index (χ2v) is 9.19. The highest BCUT2D eigenvalue weighted by Crippen LogP contribution is 2.24. The molecular formula is C28H36FN3O. The molecule has 1 aliphatic rings. The normalized spacial score (nSPS) is 16.8. The van der Waals surface area contributed by atoms with Gasteiger partial charge in [-0.25, -0.2) is 4.39 Å². The van der Waals surface area contributed by atoms with Crippen molar-refractivity contribution in [3.8, 4) is 0 Å². The van der Waals surface area contributed by atoms with Crippen LogP contribution in [0.2, 0.25) is 0 Å². The first-order valence-electron chi connectivity index (χ1n) is 12.5. The Bertz CT molecular complexity index is 1060. The molecule has 1 fully saturated rings. The highest BCUT2D eigenvalue weighted by atomic mass is 19.1. The zero-order chi connectivity index (χ0) is 23.0. The van der Waals surface area contributed by atoms with Crippen LogP contribution < -0.4 is 5.32 Å². The average molecular weight is 450 g/mol. The minimum atomic E-state index is -0.189. The first kappa shape index (κ1) is 23.5. The monoisotopic (exact) mass is 449 g/mol. The summed E-state index contributed by atoms with van der Waals surface area (Å²) in [4.78, 5) is 15.1. The fraction of sp³-hybridized carbons (Fsp3) is 0.464. The molecule has 0 aliphatic carbocycles. The molecular weight excluding hydrogens is 413 g/mol. The van der Waals surface area contributed by atoms with Gasteiger partial charge in [0.15, 0.2) is 0 Å². The lowest BCUT2D eigenvalue weighted by Gasteiger charge is -2.35. The summed E-state index contributed by atoms with van der Waals surface area (Å²) >= 11 is 0. The van der Waals surface area contributed by atoms with E-state index in [-0.39, 0.29) is 11.7 Å². The number of carbonyl (C=O) groups excluding carboxylic acids is 1. The van der Waals surface area contributed by atoms with Crippen LogP contribution in [0.5, 0.6) is 0 Å². The molecule has 5 heteroatoms. The smallest absolute Gasteiger partial charge is 0.220 e. The van der Waals surface area contributed by atoms with Crippen LogP contribution in [0, 0.1) is 5.82 Å². The van der Waals surface area contributed by atoms with Crippen molar-refractivity contribution in [2.24, 2.45) is 0 Å². The maximum absolute atomic E-state index is 14.2. The number of piperidine rings is 1. The molecule has 33 heavy (non-hydrogen) atoms. The number of rotatable bonds is 10. The summed E-state index contributed by atoms with van der Waals surface area (Å²) in [6, 6.07) is 15.8. The van der Waals surface area contributed by atoms with Crippen molar-refractivity contribution >= 4 is 16.8 Å². The van der Waals surface area contributed by atoms with Gasteiger partial charge in [0.25, 0.3) is 0 Å². The predicted molar refractivity (Wildman–Crippen MR) is 133 cm³/mol. The highest BCUT2D eigenvalue weighted by Gasteiger charge is 2.20. The number of halogens is 1. The zero-order valence-electron chi connectivity index (χ0n) is 19.7. The minimum absolute atomic E-state index is 0.103. The zero-order valence-corrected chi connectivity index (χ0v) is 19.7. The summed E-state index contributed by atoms with van der Waals surface area (Å²) in [5.74, 6) is -0.0855. The van der Waals surface area contributed by atoms with Crippen molar-refractivity contribution in [2.75, 3.05) is 19.6 Å². The molecule has 1 saturated heterocycles. The molecule has 1 N–H and O–H groups in total. The van der Waals surface area contributed by atoms with Crippen LogP contribution in [-0.4, -0.2) is 41.1 Å². The van der Waals surface area contributed by atoms with Crippen molar-refractivity contribution in [1.29, 1.82) is 0 Å². The molecule has 2 heterocycles. The van der Waals surface area contributed by atoms with Crippen LogP contribution in [0.3, 0.4) is 0 Å². The third-order valence-electron chi connectivity index (χ3n) is 6.96. The van der Waals surface area contributed by atoms with Gasteiger partial charge in [-0.3, -0.25) is 4.79 Å². The van der Waals surface area contributed by atoms with Crippen molar-refractivity contribution < 1.29 is 9.18 Å². The number of hydrogen-bond acceptors (Lipinski definition) is 2. The molecule has 2 aromatic carbocycles. The molecule has 1 atom stereocenters. The van der Waals surface area contributed by atoms with Gasteiger partial charge in [0.05, 0.1) is 6.54 Å². The van der Waals surface area contributed by atoms with Gasteiger partial charge in [-0.05, 0) is 56.3 Å². The number of carbonyl (C=O) groups is 1. The number of para-hydroxylation sites is 1. The van der Waals surface area contributed by atoms with Crippen molar-refractivity contribution in [3.63, 3.8) is 0 Å². The highest BCUT2D eigenvalue weighted by molar-refractivity contribution is 5.85. The third kappa shape index (κ3) is 6.02. The van der Waals surface area contributed by atoms with E-state index in [4.69, 9.17) is 0 Å². The number of fused-ring (bicyclic) bond motifs is 1. The Labute approximate surface area is 196 Å². The van der Waals surface area contributed by atoms with Gasteiger partial charge < -0.3 is 14.8 Å². The lowest BCUT2D eigenvalue weighted by Crippen LogP contribution is -2.40. The molecule has 3 aromatic rings. The number of likely N-dealkylation sites (tertiary alicyclic amines) is 1. The van der Waals surface area contributed by atoms with Crippen LogP contribution in [-0.2, 0) is 17.8 Å². The molecule has 0 radical (unpaired) electrons. The van der Waals surface area contributed by atoms with Gasteiger partial charge >= 0.3 is 0 Å². The van der Waals surface area contributed by atoms with Crippen molar-refractivity contribution in [3.05, 3.63) is 71.7 Å². The van der Waals surface area contributed by atoms with E-state index in [2.05, 4.69) is 40.0 Å². The SMILES string of the molecule is CCC1CCCCN1CCCNC(=O)CCc1cn(Cc2ccccc2F)c2ccccc12. The molecule has 4 nitrogen and oxygen atoms in total. The van der Waals surface area contributed by atoms with Gasteiger partial charge in [0, 0.05) is 48.2 Å². The number of aryl methyl sites for hydroxylation is 1. The summed E-state index contributed by atoms with van der Waals surface area (Å²) in [5, 5.41) is 4.24. The largest absolute Gasteiger partial charge is 0.356 e. The van der Waals surface area contributed by atoms with Crippen LogP contribution in [0.15, 0.2) is 54.7 Å². The Balaban J connectivity index is 1.30. The first-order valence-corrected chi connectivity index (χ1v) is 12.5. The van der Waals surface area contributed by atoms with Crippen molar-refractivity contribution in [2.45, 2.75) is 64.5 Å². The fourth-order valence-electron chi connectivity index (χ4n) is 5.13. The topological polar surface area (TPSA) is 37.3 Å². The number of aromatic nitrogens is 1. The molecule has 1 unspecified atom stereocenters. The van der Waals surface area contributed by atoms with E-state index in [1.54, 1.807) is 6.07 Å². The Morgan fingerprint density at radius 1 is 1.09 bits per heavy atom. The lowest BCUT2D eigenvalue weighted by molar-refractivity contribution is -0.121. The first-order chi connectivity index (χ1) is 16.2. The number of nitrogens with one attached hydrogen (secondary N) is 1. The summed E-state index contributed by atoms with van der Waals surface area (Å²) in [7, 11) is 0. The summed E-state index contributed by atoms with van der Waals surface area (Å²) in [5.41, 5.74) is 2.88. The van der Waals surface area contributed by atoms with Gasteiger partial charge in [0.1, 0.15) is 5.82 Å². The van der Waals surface area contributed by atoms with Gasteiger partial charge in [-0.15, -0.1) is 0 Å². The summed E-state index contributed by atoms with van der Waals surface area (Å²) in [6.45, 7) is 5.76. The number of hydrogen-bond donors (Lipinski definition) is 1. The van der Waals surface area contributed by atoms with Crippen LogP contribution in [0.1, 0.15) is 56.6 Å². The molecule has 4 rings (SSSR count). The molecule has 0 saturated carbocycles. The Morgan fingerprint density at radius 2 is 1.91 bits per heavy atom. The quantitative estimate of drug-likeness (QED) is 0.413. The minimum Gasteiger partial charge on any atom is -0.356 e. The number of benzene rings is 2. The Kier molecular flexibility index (Phi) is 8.16. The molecule has 0 bridgehead atoms. The van der Waals surface area contributed by atoms with E-state index in [1.165, 1.54) is 38.3 Å². The van der Waals surface area contributed by atoms with Crippen LogP contribution in [0.25, 0.3) is 10.9 Å². The molecule has 1 aliphatic heterocycles. The standard InChI is InChI=1S/C28H36FN3O/c1-2-24-11-7-8-18-31(24)19-9-17-30-28(33)16-15-22-20-32(27-14-6-4-12-25(22)27)21-23-10-3-5-13-26(23)29/h3-6,10,12-14,20,24H,2,7-9,11,15-19,21H2,1H3,(H,30,33). The van der Waals surface area contributed by atoms with Crippen LogP contribution in [0.4, 0.5) is 4.39 Å². The maximum atomic E-state index is 14.2. The lowest BCUT2D eigenvalue weighted by atomic mass is 10.00. The molecule has 0 spiro atoms. The molecule has 1 amide bonds. The van der Waals surface area contributed by atoms with Gasteiger partial charge in [-0.2, -0.15) is 0 Å². The third-order valence-corrected chi connectivity index (χ3v) is 6.96. The molecule has 1 aromatic heterocycles. The Hall–Kier alpha value is -2.66. The second kappa shape index (κ2) is 11.5. The average Bonchev–Trinajstić information content (AvgIpc) is 3.19. The van der Waals surface area contributed by atoms with E-state index in [0.717, 1.165) is 42.0 Å². The van der Waals surface area contributed by atoms with E-state index in [1.807, 2.05) is 24.3 Å². The summed E-state index contributed by atoms with van der Waals surface area (Å²) in [6.07, 6.45) is 9.41. The van der Waals surface area contributed by atoms with Crippen molar-refractivity contribution in [1.82, 2.24) is 14.8 Å². The number of nitrogens with zero attached hydrogens (tertiary/aromatic N) is 2. The van der Waals surface area contributed by atoms with Gasteiger partial charge in [0.2, 0.25) is 5.91 Å². The van der Waals surface area contributed by atoms with E-state index in [9.17, 15) is 9.18 Å². The molecule has 176 valence electrons. The Morgan fingerprint density at radius 3 is 2.76 bits per heavy atom. The van der Waals surface area contributed by atoms with Gasteiger partial charge in [-0.1, -0.05) is 49.7 Å². The van der Waals surface area contributed by atoms with Crippen LogP contribution >= 0.6 is 0 Å². The second-order valence-electron chi connectivity index (χ2n) is 9.19. The fourth-order valence-corrected chi connectivity index (χ4v) is 5.13. The van der Waals surface area contributed by atoms with E-state index in [0.29, 0.717) is 24.9 Å². The summed E-state index contributed by atoms with van der Waals surface area (Å²) < 4.78 is 16.3. The van der Waals surface area contributed by atoms with E-state index < -0.39 is 0 Å². The maximum Gasteiger partial charge on any atom is 0.220 e. The predicted octanol–water partition coefficient (Wildman–Crippen LogP) is 5.53. The van der Waals surface area contributed by atoms with E-state index >= 15 is 0 Å².